The van der Waals surface area contributed by atoms with Crippen LogP contribution in [-0.2, 0) is 0 Å². The molecule has 1 aromatic carbocycles. The summed E-state index contributed by atoms with van der Waals surface area (Å²) in [4.78, 5) is 4.50. The van der Waals surface area contributed by atoms with Crippen LogP contribution in [0.4, 0.5) is 0 Å². The van der Waals surface area contributed by atoms with Gasteiger partial charge in [-0.1, -0.05) is 17.2 Å². The van der Waals surface area contributed by atoms with E-state index in [0.29, 0.717) is 0 Å². The van der Waals surface area contributed by atoms with Crippen molar-refractivity contribution in [2.75, 3.05) is 0 Å². The molecule has 0 saturated heterocycles. The first-order chi connectivity index (χ1) is 9.72. The Bertz CT molecular complexity index is 910. The molecule has 0 radical (unpaired) electrons. The molecule has 3 aromatic heterocycles. The Kier molecular flexibility index (Phi) is 2.24. The van der Waals surface area contributed by atoms with Gasteiger partial charge in [0.05, 0.1) is 11.6 Å². The molecule has 0 aliphatic rings. The summed E-state index contributed by atoms with van der Waals surface area (Å²) >= 11 is 0. The maximum Gasteiger partial charge on any atom is 0.180 e. The highest BCUT2D eigenvalue weighted by Crippen LogP contribution is 2.35. The molecule has 98 valence electrons. The summed E-state index contributed by atoms with van der Waals surface area (Å²) in [6, 6.07) is 10.2. The van der Waals surface area contributed by atoms with E-state index in [2.05, 4.69) is 37.0 Å². The molecule has 0 amide bonds. The van der Waals surface area contributed by atoms with E-state index in [1.54, 1.807) is 12.5 Å². The van der Waals surface area contributed by atoms with Crippen LogP contribution in [0.1, 0.15) is 11.1 Å². The van der Waals surface area contributed by atoms with Crippen molar-refractivity contribution in [2.24, 2.45) is 0 Å². The standard InChI is InChI=1S/C17H13NO2/c1-10-7-11(2)9-12(8-10)15-17-13(3-5-18-15)16-14(20-17)4-6-19-16/h3-9H,1-2H3. The lowest BCUT2D eigenvalue weighted by Crippen LogP contribution is -1.86. The van der Waals surface area contributed by atoms with Gasteiger partial charge in [-0.15, -0.1) is 0 Å². The summed E-state index contributed by atoms with van der Waals surface area (Å²) in [6.45, 7) is 4.18. The second-order valence-electron chi connectivity index (χ2n) is 5.13. The Morgan fingerprint density at radius 3 is 2.55 bits per heavy atom. The molecule has 0 unspecified atom stereocenters. The first-order valence-electron chi connectivity index (χ1n) is 6.56. The molecule has 0 N–H and O–H groups in total. The fraction of sp³-hybridized carbons (Fsp3) is 0.118. The number of nitrogens with zero attached hydrogens (tertiary/aromatic N) is 1. The number of furan rings is 2. The molecule has 0 saturated carbocycles. The van der Waals surface area contributed by atoms with Crippen molar-refractivity contribution in [3.63, 3.8) is 0 Å². The Morgan fingerprint density at radius 2 is 1.75 bits per heavy atom. The van der Waals surface area contributed by atoms with E-state index in [1.807, 2.05) is 12.1 Å². The van der Waals surface area contributed by atoms with Crippen LogP contribution in [0.15, 0.2) is 51.6 Å². The Labute approximate surface area is 115 Å². The first-order valence-corrected chi connectivity index (χ1v) is 6.56. The number of benzene rings is 1. The molecule has 0 fully saturated rings. The molecular formula is C17H13NO2. The van der Waals surface area contributed by atoms with Crippen molar-refractivity contribution in [2.45, 2.75) is 13.8 Å². The minimum atomic E-state index is 0.763. The normalized spacial score (nSPS) is 11.5. The first kappa shape index (κ1) is 11.3. The number of pyridine rings is 1. The van der Waals surface area contributed by atoms with Gasteiger partial charge in [-0.05, 0) is 32.0 Å². The van der Waals surface area contributed by atoms with Crippen LogP contribution in [0.2, 0.25) is 0 Å². The van der Waals surface area contributed by atoms with Crippen molar-refractivity contribution in [1.82, 2.24) is 4.98 Å². The fourth-order valence-electron chi connectivity index (χ4n) is 2.73. The van der Waals surface area contributed by atoms with Gasteiger partial charge in [0.1, 0.15) is 5.69 Å². The van der Waals surface area contributed by atoms with Gasteiger partial charge in [0.2, 0.25) is 0 Å². The number of aryl methyl sites for hydroxylation is 2. The maximum atomic E-state index is 5.90. The third-order valence-electron chi connectivity index (χ3n) is 3.49. The van der Waals surface area contributed by atoms with Gasteiger partial charge in [-0.25, -0.2) is 0 Å². The second-order valence-corrected chi connectivity index (χ2v) is 5.13. The molecule has 0 atom stereocenters. The number of rotatable bonds is 1. The highest BCUT2D eigenvalue weighted by molar-refractivity contribution is 6.05. The van der Waals surface area contributed by atoms with Crippen molar-refractivity contribution < 1.29 is 8.83 Å². The van der Waals surface area contributed by atoms with Crippen molar-refractivity contribution in [1.29, 1.82) is 0 Å². The summed E-state index contributed by atoms with van der Waals surface area (Å²) in [7, 11) is 0. The van der Waals surface area contributed by atoms with Gasteiger partial charge in [0.15, 0.2) is 16.7 Å². The zero-order chi connectivity index (χ0) is 13.7. The van der Waals surface area contributed by atoms with E-state index in [4.69, 9.17) is 8.83 Å². The molecule has 0 bridgehead atoms. The molecule has 3 heteroatoms. The Balaban J connectivity index is 2.08. The lowest BCUT2D eigenvalue weighted by molar-refractivity contribution is 0.616. The average molecular weight is 263 g/mol. The van der Waals surface area contributed by atoms with Crippen LogP contribution in [0.25, 0.3) is 33.4 Å². The van der Waals surface area contributed by atoms with Crippen LogP contribution >= 0.6 is 0 Å². The highest BCUT2D eigenvalue weighted by atomic mass is 16.4. The monoisotopic (exact) mass is 263 g/mol. The largest absolute Gasteiger partial charge is 0.460 e. The summed E-state index contributed by atoms with van der Waals surface area (Å²) in [6.07, 6.45) is 3.44. The number of aromatic nitrogens is 1. The number of hydrogen-bond acceptors (Lipinski definition) is 3. The van der Waals surface area contributed by atoms with E-state index >= 15 is 0 Å². The van der Waals surface area contributed by atoms with Gasteiger partial charge < -0.3 is 8.83 Å². The molecule has 3 nitrogen and oxygen atoms in total. The summed E-state index contributed by atoms with van der Waals surface area (Å²) in [5.41, 5.74) is 6.70. The topological polar surface area (TPSA) is 39.2 Å². The van der Waals surface area contributed by atoms with E-state index in [9.17, 15) is 0 Å². The molecule has 20 heavy (non-hydrogen) atoms. The van der Waals surface area contributed by atoms with Gasteiger partial charge in [0, 0.05) is 17.8 Å². The average Bonchev–Trinajstić information content (AvgIpc) is 2.97. The van der Waals surface area contributed by atoms with Crippen LogP contribution < -0.4 is 0 Å². The van der Waals surface area contributed by atoms with Crippen molar-refractivity contribution >= 4 is 22.1 Å². The third kappa shape index (κ3) is 1.56. The minimum absolute atomic E-state index is 0.763. The Hall–Kier alpha value is -2.55. The van der Waals surface area contributed by atoms with Crippen molar-refractivity contribution in [3.8, 4) is 11.3 Å². The second kappa shape index (κ2) is 3.97. The smallest absolute Gasteiger partial charge is 0.180 e. The van der Waals surface area contributed by atoms with E-state index in [-0.39, 0.29) is 0 Å². The molecular weight excluding hydrogens is 250 g/mol. The number of hydrogen-bond donors (Lipinski definition) is 0. The molecule has 0 aliphatic heterocycles. The molecule has 0 spiro atoms. The zero-order valence-corrected chi connectivity index (χ0v) is 11.3. The van der Waals surface area contributed by atoms with E-state index < -0.39 is 0 Å². The molecule has 3 heterocycles. The predicted octanol–water partition coefficient (Wildman–Crippen LogP) is 4.86. The fourth-order valence-corrected chi connectivity index (χ4v) is 2.73. The SMILES string of the molecule is Cc1cc(C)cc(-c2nccc3c2oc2ccoc23)c1. The van der Waals surface area contributed by atoms with Gasteiger partial charge in [-0.3, -0.25) is 4.98 Å². The quantitative estimate of drug-likeness (QED) is 0.492. The van der Waals surface area contributed by atoms with Crippen LogP contribution in [0, 0.1) is 13.8 Å². The van der Waals surface area contributed by atoms with E-state index in [1.165, 1.54) is 11.1 Å². The molecule has 4 rings (SSSR count). The van der Waals surface area contributed by atoms with Crippen molar-refractivity contribution in [3.05, 3.63) is 53.9 Å². The van der Waals surface area contributed by atoms with E-state index in [0.717, 1.165) is 33.4 Å². The minimum Gasteiger partial charge on any atom is -0.460 e. The summed E-state index contributed by atoms with van der Waals surface area (Å²) < 4.78 is 11.4. The predicted molar refractivity (Wildman–Crippen MR) is 78.7 cm³/mol. The molecule has 4 aromatic rings. The Morgan fingerprint density at radius 1 is 0.950 bits per heavy atom. The van der Waals surface area contributed by atoms with Crippen LogP contribution in [0.3, 0.4) is 0 Å². The van der Waals surface area contributed by atoms with Gasteiger partial charge >= 0.3 is 0 Å². The lowest BCUT2D eigenvalue weighted by atomic mass is 10.0. The van der Waals surface area contributed by atoms with Crippen LogP contribution in [-0.4, -0.2) is 4.98 Å². The highest BCUT2D eigenvalue weighted by Gasteiger charge is 2.15. The molecule has 0 aliphatic carbocycles. The summed E-state index contributed by atoms with van der Waals surface area (Å²) in [5, 5.41) is 0.967. The summed E-state index contributed by atoms with van der Waals surface area (Å²) in [5.74, 6) is 0. The lowest BCUT2D eigenvalue weighted by Gasteiger charge is -2.04. The third-order valence-corrected chi connectivity index (χ3v) is 3.49. The van der Waals surface area contributed by atoms with Gasteiger partial charge in [0.25, 0.3) is 0 Å². The van der Waals surface area contributed by atoms with Gasteiger partial charge in [-0.2, -0.15) is 0 Å². The number of fused-ring (bicyclic) bond motifs is 3. The maximum absolute atomic E-state index is 5.90. The zero-order valence-electron chi connectivity index (χ0n) is 11.3. The van der Waals surface area contributed by atoms with Crippen LogP contribution in [0.5, 0.6) is 0 Å².